The van der Waals surface area contributed by atoms with E-state index in [-0.39, 0.29) is 17.3 Å². The predicted octanol–water partition coefficient (Wildman–Crippen LogP) is 2.60. The molecule has 2 saturated heterocycles. The molecule has 4 heterocycles. The maximum Gasteiger partial charge on any atom is 0.338 e. The van der Waals surface area contributed by atoms with E-state index in [1.54, 1.807) is 17.0 Å². The number of piperidine rings is 1. The Morgan fingerprint density at radius 3 is 2.68 bits per heavy atom. The summed E-state index contributed by atoms with van der Waals surface area (Å²) in [6.45, 7) is 5.92. The Balaban J connectivity index is 1.16. The van der Waals surface area contributed by atoms with Gasteiger partial charge in [0.05, 0.1) is 16.5 Å². The van der Waals surface area contributed by atoms with E-state index in [0.717, 1.165) is 50.0 Å². The van der Waals surface area contributed by atoms with E-state index in [1.807, 2.05) is 12.1 Å². The minimum absolute atomic E-state index is 0.156. The van der Waals surface area contributed by atoms with Crippen LogP contribution in [0.2, 0.25) is 0 Å². The molecule has 1 amide bonds. The van der Waals surface area contributed by atoms with Crippen molar-refractivity contribution in [3.63, 3.8) is 0 Å². The summed E-state index contributed by atoms with van der Waals surface area (Å²) in [7, 11) is 0. The highest BCUT2D eigenvalue weighted by Gasteiger charge is 2.53. The summed E-state index contributed by atoms with van der Waals surface area (Å²) in [5.41, 5.74) is 4.39. The number of benzene rings is 1. The third-order valence-electron chi connectivity index (χ3n) is 7.10. The lowest BCUT2D eigenvalue weighted by molar-refractivity contribution is -0.138. The first kappa shape index (κ1) is 19.7. The number of anilines is 1. The second kappa shape index (κ2) is 7.47. The van der Waals surface area contributed by atoms with Crippen molar-refractivity contribution in [3.05, 3.63) is 58.3 Å². The third-order valence-corrected chi connectivity index (χ3v) is 7.10. The van der Waals surface area contributed by atoms with Crippen LogP contribution >= 0.6 is 0 Å². The monoisotopic (exact) mass is 416 g/mol. The van der Waals surface area contributed by atoms with Gasteiger partial charge >= 0.3 is 5.97 Å². The van der Waals surface area contributed by atoms with Crippen LogP contribution in [0.3, 0.4) is 0 Å². The quantitative estimate of drug-likeness (QED) is 0.563. The van der Waals surface area contributed by atoms with E-state index in [0.29, 0.717) is 30.1 Å². The normalized spacial score (nSPS) is 19.7. The number of nitriles is 1. The first-order chi connectivity index (χ1) is 15.0. The maximum atomic E-state index is 12.9. The van der Waals surface area contributed by atoms with Crippen LogP contribution in [0.25, 0.3) is 0 Å². The molecule has 3 aliphatic rings. The van der Waals surface area contributed by atoms with Gasteiger partial charge in [-0.3, -0.25) is 9.69 Å². The molecule has 2 aromatic rings. The van der Waals surface area contributed by atoms with Gasteiger partial charge in [0.1, 0.15) is 18.5 Å². The molecule has 158 valence electrons. The van der Waals surface area contributed by atoms with Crippen molar-refractivity contribution in [2.24, 2.45) is 5.41 Å². The number of rotatable bonds is 4. The van der Waals surface area contributed by atoms with E-state index in [9.17, 15) is 9.59 Å². The third kappa shape index (κ3) is 3.28. The fourth-order valence-corrected chi connectivity index (χ4v) is 4.96. The van der Waals surface area contributed by atoms with Gasteiger partial charge in [0, 0.05) is 24.8 Å². The molecular formula is C24H24N4O3. The average molecular weight is 416 g/mol. The number of β-lactam (4-membered cyclic amide) rings is 1. The maximum absolute atomic E-state index is 12.9. The smallest absolute Gasteiger partial charge is 0.338 e. The van der Waals surface area contributed by atoms with Crippen molar-refractivity contribution in [1.82, 2.24) is 9.88 Å². The lowest BCUT2D eigenvalue weighted by atomic mass is 9.71. The Morgan fingerprint density at radius 1 is 1.19 bits per heavy atom. The van der Waals surface area contributed by atoms with Crippen molar-refractivity contribution in [2.45, 2.75) is 32.8 Å². The summed E-state index contributed by atoms with van der Waals surface area (Å²) < 4.78 is 5.15. The van der Waals surface area contributed by atoms with E-state index in [4.69, 9.17) is 10.00 Å². The van der Waals surface area contributed by atoms with Crippen LogP contribution in [0.1, 0.15) is 45.5 Å². The molecule has 1 aromatic carbocycles. The lowest BCUT2D eigenvalue weighted by Gasteiger charge is -2.52. The van der Waals surface area contributed by atoms with E-state index < -0.39 is 0 Å². The van der Waals surface area contributed by atoms with Crippen molar-refractivity contribution >= 4 is 17.7 Å². The summed E-state index contributed by atoms with van der Waals surface area (Å²) in [5.74, 6) is 0.566. The molecule has 0 radical (unpaired) electrons. The van der Waals surface area contributed by atoms with Gasteiger partial charge in [-0.05, 0) is 68.6 Å². The molecule has 3 aliphatic heterocycles. The van der Waals surface area contributed by atoms with Crippen LogP contribution in [0.5, 0.6) is 0 Å². The molecule has 1 aromatic heterocycles. The number of pyridine rings is 1. The molecule has 1 spiro atoms. The van der Waals surface area contributed by atoms with Crippen LogP contribution in [0, 0.1) is 23.7 Å². The van der Waals surface area contributed by atoms with Gasteiger partial charge in [0.15, 0.2) is 0 Å². The molecule has 2 fully saturated rings. The molecule has 7 heteroatoms. The topological polar surface area (TPSA) is 86.5 Å². The van der Waals surface area contributed by atoms with Gasteiger partial charge in [-0.25, -0.2) is 9.78 Å². The molecule has 7 nitrogen and oxygen atoms in total. The number of carbonyl (C=O) groups is 2. The average Bonchev–Trinajstić information content (AvgIpc) is 3.19. The number of ether oxygens (including phenoxy) is 1. The highest BCUT2D eigenvalue weighted by molar-refractivity contribution is 6.03. The minimum Gasteiger partial charge on any atom is -0.457 e. The van der Waals surface area contributed by atoms with Crippen molar-refractivity contribution in [2.75, 3.05) is 31.1 Å². The molecule has 31 heavy (non-hydrogen) atoms. The zero-order chi connectivity index (χ0) is 21.6. The first-order valence-electron chi connectivity index (χ1n) is 10.7. The summed E-state index contributed by atoms with van der Waals surface area (Å²) in [4.78, 5) is 33.1. The minimum atomic E-state index is -0.257. The number of aromatic nitrogens is 1. The Labute approximate surface area is 181 Å². The summed E-state index contributed by atoms with van der Waals surface area (Å²) in [5, 5.41) is 8.90. The molecule has 0 unspecified atom stereocenters. The van der Waals surface area contributed by atoms with Crippen LogP contribution < -0.4 is 4.90 Å². The van der Waals surface area contributed by atoms with Gasteiger partial charge in [-0.1, -0.05) is 6.07 Å². The highest BCUT2D eigenvalue weighted by Crippen LogP contribution is 2.43. The van der Waals surface area contributed by atoms with Gasteiger partial charge < -0.3 is 9.64 Å². The number of hydrogen-bond donors (Lipinski definition) is 0. The Kier molecular flexibility index (Phi) is 4.75. The molecule has 0 saturated carbocycles. The highest BCUT2D eigenvalue weighted by atomic mass is 16.5. The van der Waals surface area contributed by atoms with Crippen molar-refractivity contribution < 1.29 is 14.3 Å². The van der Waals surface area contributed by atoms with Gasteiger partial charge in [-0.15, -0.1) is 0 Å². The van der Waals surface area contributed by atoms with Crippen LogP contribution in [0.15, 0.2) is 30.5 Å². The molecular weight excluding hydrogens is 392 g/mol. The number of cyclic esters (lactones) is 1. The predicted molar refractivity (Wildman–Crippen MR) is 113 cm³/mol. The van der Waals surface area contributed by atoms with Crippen molar-refractivity contribution in [1.29, 1.82) is 5.26 Å². The zero-order valence-corrected chi connectivity index (χ0v) is 17.6. The van der Waals surface area contributed by atoms with E-state index in [2.05, 4.69) is 22.9 Å². The molecule has 0 atom stereocenters. The van der Waals surface area contributed by atoms with E-state index in [1.165, 1.54) is 11.8 Å². The number of nitrogens with zero attached hydrogens (tertiary/aromatic N) is 4. The zero-order valence-electron chi connectivity index (χ0n) is 17.6. The lowest BCUT2D eigenvalue weighted by Crippen LogP contribution is -2.65. The van der Waals surface area contributed by atoms with Crippen LogP contribution in [-0.4, -0.2) is 47.9 Å². The van der Waals surface area contributed by atoms with Gasteiger partial charge in [-0.2, -0.15) is 5.26 Å². The number of hydrogen-bond acceptors (Lipinski definition) is 6. The second-order valence-electron chi connectivity index (χ2n) is 8.73. The van der Waals surface area contributed by atoms with Crippen LogP contribution in [0.4, 0.5) is 5.82 Å². The molecule has 5 rings (SSSR count). The first-order valence-corrected chi connectivity index (χ1v) is 10.7. The second-order valence-corrected chi connectivity index (χ2v) is 8.73. The number of esters is 1. The summed E-state index contributed by atoms with van der Waals surface area (Å²) in [6.07, 6.45) is 4.17. The van der Waals surface area contributed by atoms with Gasteiger partial charge in [0.25, 0.3) is 0 Å². The standard InChI is InChI=1S/C24H24N4O3/c1-16-18(3-4-19-20(16)14-31-22(19)29)6-9-27-10-7-24(8-11-27)15-28(23(24)30)21-5-2-17(12-25)13-26-21/h2-5,13H,6-11,14-15H2,1H3. The summed E-state index contributed by atoms with van der Waals surface area (Å²) in [6, 6.07) is 9.43. The number of likely N-dealkylation sites (tertiary alicyclic amines) is 1. The number of amides is 1. The fourth-order valence-electron chi connectivity index (χ4n) is 4.96. The molecule has 0 aliphatic carbocycles. The van der Waals surface area contributed by atoms with Gasteiger partial charge in [0.2, 0.25) is 5.91 Å². The van der Waals surface area contributed by atoms with E-state index >= 15 is 0 Å². The summed E-state index contributed by atoms with van der Waals surface area (Å²) >= 11 is 0. The number of fused-ring (bicyclic) bond motifs is 1. The molecule has 0 N–H and O–H groups in total. The largest absolute Gasteiger partial charge is 0.457 e. The Hall–Kier alpha value is -3.24. The Bertz CT molecular complexity index is 1100. The SMILES string of the molecule is Cc1c(CCN2CCC3(CC2)CN(c2ccc(C#N)cn2)C3=O)ccc2c1COC2=O. The Morgan fingerprint density at radius 2 is 2.00 bits per heavy atom. The fraction of sp³-hybridized carbons (Fsp3) is 0.417. The van der Waals surface area contributed by atoms with Crippen LogP contribution in [-0.2, 0) is 22.6 Å². The molecule has 0 bridgehead atoms. The van der Waals surface area contributed by atoms with Crippen molar-refractivity contribution in [3.8, 4) is 6.07 Å². The number of carbonyl (C=O) groups excluding carboxylic acids is 2.